The van der Waals surface area contributed by atoms with E-state index < -0.39 is 0 Å². The van der Waals surface area contributed by atoms with Gasteiger partial charge in [0.15, 0.2) is 0 Å². The highest BCUT2D eigenvalue weighted by atomic mass is 15.1. The van der Waals surface area contributed by atoms with E-state index in [2.05, 4.69) is 125 Å². The molecule has 0 saturated carbocycles. The lowest BCUT2D eigenvalue weighted by Gasteiger charge is -2.10. The largest absolute Gasteiger partial charge is 0.316 e. The molecule has 158 valence electrons. The summed E-state index contributed by atoms with van der Waals surface area (Å²) >= 11 is 0. The molecule has 34 heavy (non-hydrogen) atoms. The molecule has 0 aliphatic heterocycles. The zero-order valence-corrected chi connectivity index (χ0v) is 18.3. The second-order valence-electron chi connectivity index (χ2n) is 8.92. The Bertz CT molecular complexity index is 2010. The van der Waals surface area contributed by atoms with Gasteiger partial charge in [0.1, 0.15) is 5.82 Å². The van der Waals surface area contributed by atoms with Crippen LogP contribution in [0.2, 0.25) is 0 Å². The quantitative estimate of drug-likeness (QED) is 0.254. The van der Waals surface area contributed by atoms with Crippen molar-refractivity contribution >= 4 is 54.4 Å². The number of nitrogens with zero attached hydrogens (tertiary/aromatic N) is 3. The molecule has 0 N–H and O–H groups in total. The Morgan fingerprint density at radius 1 is 0.559 bits per heavy atom. The Morgan fingerprint density at radius 3 is 2.32 bits per heavy atom. The zero-order valence-electron chi connectivity index (χ0n) is 18.3. The minimum Gasteiger partial charge on any atom is -0.316 e. The fraction of sp³-hybridized carbons (Fsp3) is 0. The molecule has 3 nitrogen and oxygen atoms in total. The number of benzene rings is 5. The van der Waals surface area contributed by atoms with Crippen molar-refractivity contribution in [3.05, 3.63) is 115 Å². The number of fused-ring (bicyclic) bond motifs is 3. The molecule has 8 aromatic rings. The number of para-hydroxylation sites is 2. The number of pyridine rings is 1. The Labute approximate surface area is 195 Å². The minimum atomic E-state index is 0.950. The molecule has 0 aliphatic rings. The van der Waals surface area contributed by atoms with E-state index in [0.29, 0.717) is 0 Å². The molecule has 0 bridgehead atoms. The van der Waals surface area contributed by atoms with Gasteiger partial charge in [0.25, 0.3) is 0 Å². The van der Waals surface area contributed by atoms with Crippen LogP contribution in [-0.2, 0) is 0 Å². The normalized spacial score (nSPS) is 12.1. The van der Waals surface area contributed by atoms with Crippen LogP contribution in [0.1, 0.15) is 0 Å². The smallest absolute Gasteiger partial charge is 0.138 e. The number of aromatic nitrogens is 3. The van der Waals surface area contributed by atoms with Gasteiger partial charge in [-0.1, -0.05) is 60.7 Å². The van der Waals surface area contributed by atoms with Gasteiger partial charge in [-0.25, -0.2) is 4.98 Å². The molecule has 0 saturated heterocycles. The highest BCUT2D eigenvalue weighted by molar-refractivity contribution is 6.29. The van der Waals surface area contributed by atoms with Crippen LogP contribution in [-0.4, -0.2) is 14.1 Å². The summed E-state index contributed by atoms with van der Waals surface area (Å²) in [5, 5.41) is 7.50. The Hall–Kier alpha value is -4.63. The van der Waals surface area contributed by atoms with Crippen molar-refractivity contribution in [2.24, 2.45) is 0 Å². The lowest BCUT2D eigenvalue weighted by Crippen LogP contribution is -1.97. The van der Waals surface area contributed by atoms with Crippen LogP contribution >= 0.6 is 0 Å². The van der Waals surface area contributed by atoms with Gasteiger partial charge in [0.05, 0.1) is 22.1 Å². The van der Waals surface area contributed by atoms with Crippen molar-refractivity contribution in [3.63, 3.8) is 0 Å². The molecule has 0 unspecified atom stereocenters. The van der Waals surface area contributed by atoms with E-state index in [9.17, 15) is 0 Å². The third kappa shape index (κ3) is 2.28. The summed E-state index contributed by atoms with van der Waals surface area (Å²) in [6, 6.07) is 38.8. The summed E-state index contributed by atoms with van der Waals surface area (Å²) in [6.07, 6.45) is 2.18. The van der Waals surface area contributed by atoms with Gasteiger partial charge >= 0.3 is 0 Å². The second-order valence-corrected chi connectivity index (χ2v) is 8.92. The van der Waals surface area contributed by atoms with E-state index in [1.807, 2.05) is 0 Å². The van der Waals surface area contributed by atoms with Crippen molar-refractivity contribution in [2.45, 2.75) is 0 Å². The highest BCUT2D eigenvalue weighted by Gasteiger charge is 2.20. The van der Waals surface area contributed by atoms with Crippen molar-refractivity contribution in [1.29, 1.82) is 0 Å². The second kappa shape index (κ2) is 6.46. The van der Waals surface area contributed by atoms with E-state index in [0.717, 1.165) is 16.7 Å². The fourth-order valence-electron chi connectivity index (χ4n) is 5.61. The third-order valence-corrected chi connectivity index (χ3v) is 7.07. The van der Waals surface area contributed by atoms with Gasteiger partial charge < -0.3 is 4.57 Å². The van der Waals surface area contributed by atoms with Crippen molar-refractivity contribution in [1.82, 2.24) is 14.1 Å². The van der Waals surface area contributed by atoms with Gasteiger partial charge in [-0.3, -0.25) is 4.57 Å². The molecule has 0 fully saturated rings. The van der Waals surface area contributed by atoms with Gasteiger partial charge in [0.2, 0.25) is 0 Å². The predicted molar refractivity (Wildman–Crippen MR) is 142 cm³/mol. The molecule has 0 spiro atoms. The Balaban J connectivity index is 1.55. The number of hydrogen-bond donors (Lipinski definition) is 0. The molecular weight excluding hydrogens is 414 g/mol. The highest BCUT2D eigenvalue weighted by Crippen LogP contribution is 2.42. The summed E-state index contributed by atoms with van der Waals surface area (Å²) in [7, 11) is 0. The van der Waals surface area contributed by atoms with Crippen LogP contribution in [0.15, 0.2) is 115 Å². The number of hydrogen-bond acceptors (Lipinski definition) is 1. The van der Waals surface area contributed by atoms with Gasteiger partial charge in [0, 0.05) is 38.8 Å². The van der Waals surface area contributed by atoms with Crippen LogP contribution in [0.5, 0.6) is 0 Å². The maximum atomic E-state index is 5.07. The summed E-state index contributed by atoms with van der Waals surface area (Å²) < 4.78 is 4.64. The molecule has 0 atom stereocenters. The first-order valence-corrected chi connectivity index (χ1v) is 11.6. The summed E-state index contributed by atoms with van der Waals surface area (Å²) in [6.45, 7) is 0. The Kier molecular flexibility index (Phi) is 3.39. The summed E-state index contributed by atoms with van der Waals surface area (Å²) in [5.41, 5.74) is 5.82. The molecular formula is C31H19N3. The topological polar surface area (TPSA) is 22.8 Å². The molecule has 5 aromatic carbocycles. The van der Waals surface area contributed by atoms with Crippen LogP contribution in [0.25, 0.3) is 65.9 Å². The first kappa shape index (κ1) is 17.9. The van der Waals surface area contributed by atoms with E-state index in [-0.39, 0.29) is 0 Å². The first-order chi connectivity index (χ1) is 16.9. The molecule has 0 amide bonds. The van der Waals surface area contributed by atoms with E-state index in [1.54, 1.807) is 0 Å². The SMILES string of the molecule is c1ccc(-n2ccc3cc4c5c(ccc6cccc(c65)n4-c4ccc5ccccc5n4)c32)cc1. The lowest BCUT2D eigenvalue weighted by atomic mass is 10.0. The average Bonchev–Trinajstić information content (AvgIpc) is 3.47. The summed E-state index contributed by atoms with van der Waals surface area (Å²) in [5.74, 6) is 0.950. The standard InChI is InChI=1S/C31H19N3/c1-2-9-23(10-3-1)33-18-17-22-19-27-30-24(31(22)33)15-13-21-8-6-12-26(29(21)30)34(27)28-16-14-20-7-4-5-11-25(20)32-28/h1-19H. The maximum absolute atomic E-state index is 5.07. The van der Waals surface area contributed by atoms with Crippen molar-refractivity contribution in [2.75, 3.05) is 0 Å². The van der Waals surface area contributed by atoms with E-state index in [4.69, 9.17) is 4.98 Å². The maximum Gasteiger partial charge on any atom is 0.138 e. The molecule has 3 heteroatoms. The van der Waals surface area contributed by atoms with Crippen LogP contribution in [0.3, 0.4) is 0 Å². The monoisotopic (exact) mass is 433 g/mol. The minimum absolute atomic E-state index is 0.950. The van der Waals surface area contributed by atoms with Crippen LogP contribution in [0.4, 0.5) is 0 Å². The van der Waals surface area contributed by atoms with Gasteiger partial charge in [-0.2, -0.15) is 0 Å². The molecule has 3 heterocycles. The van der Waals surface area contributed by atoms with Crippen molar-refractivity contribution in [3.8, 4) is 11.5 Å². The van der Waals surface area contributed by atoms with E-state index in [1.165, 1.54) is 49.2 Å². The Morgan fingerprint density at radius 2 is 1.38 bits per heavy atom. The first-order valence-electron chi connectivity index (χ1n) is 11.6. The molecule has 8 rings (SSSR count). The lowest BCUT2D eigenvalue weighted by molar-refractivity contribution is 1.10. The number of rotatable bonds is 2. The zero-order chi connectivity index (χ0) is 22.2. The summed E-state index contributed by atoms with van der Waals surface area (Å²) in [4.78, 5) is 5.07. The van der Waals surface area contributed by atoms with Crippen LogP contribution in [0, 0.1) is 0 Å². The van der Waals surface area contributed by atoms with Gasteiger partial charge in [-0.05, 0) is 53.9 Å². The molecule has 3 aromatic heterocycles. The van der Waals surface area contributed by atoms with Gasteiger partial charge in [-0.15, -0.1) is 0 Å². The molecule has 0 radical (unpaired) electrons. The predicted octanol–water partition coefficient (Wildman–Crippen LogP) is 7.87. The average molecular weight is 434 g/mol. The van der Waals surface area contributed by atoms with Crippen LogP contribution < -0.4 is 0 Å². The van der Waals surface area contributed by atoms with Crippen molar-refractivity contribution < 1.29 is 0 Å². The third-order valence-electron chi connectivity index (χ3n) is 7.07. The van der Waals surface area contributed by atoms with E-state index >= 15 is 0 Å². The fourth-order valence-corrected chi connectivity index (χ4v) is 5.61. The molecule has 0 aliphatic carbocycles.